The van der Waals surface area contributed by atoms with Crippen LogP contribution in [-0.2, 0) is 4.79 Å². The van der Waals surface area contributed by atoms with Crippen LogP contribution in [-0.4, -0.2) is 24.7 Å². The van der Waals surface area contributed by atoms with E-state index in [1.54, 1.807) is 36.4 Å². The van der Waals surface area contributed by atoms with Crippen LogP contribution in [0.1, 0.15) is 15.9 Å². The lowest BCUT2D eigenvalue weighted by atomic mass is 10.0. The number of hydrogen-bond donors (Lipinski definition) is 2. The lowest BCUT2D eigenvalue weighted by Gasteiger charge is -2.10. The Labute approximate surface area is 189 Å². The van der Waals surface area contributed by atoms with Crippen LogP contribution in [0.4, 0.5) is 0 Å². The number of amides is 2. The molecule has 0 spiro atoms. The second-order valence-electron chi connectivity index (χ2n) is 6.35. The SMILES string of the molecule is CSc1ccc(Cl)c(C(=O)NNC(=O)COc2ccc(-c3ccc(C#N)cc3)cc2)c1. The first-order valence-electron chi connectivity index (χ1n) is 9.16. The minimum Gasteiger partial charge on any atom is -0.484 e. The summed E-state index contributed by atoms with van der Waals surface area (Å²) in [5.41, 5.74) is 7.43. The highest BCUT2D eigenvalue weighted by Gasteiger charge is 2.12. The van der Waals surface area contributed by atoms with Gasteiger partial charge in [-0.05, 0) is 59.8 Å². The van der Waals surface area contributed by atoms with Gasteiger partial charge >= 0.3 is 0 Å². The van der Waals surface area contributed by atoms with E-state index in [9.17, 15) is 9.59 Å². The van der Waals surface area contributed by atoms with Crippen LogP contribution in [0.3, 0.4) is 0 Å². The summed E-state index contributed by atoms with van der Waals surface area (Å²) in [5.74, 6) is -0.516. The Balaban J connectivity index is 1.50. The van der Waals surface area contributed by atoms with E-state index < -0.39 is 11.8 Å². The van der Waals surface area contributed by atoms with Gasteiger partial charge in [0.05, 0.1) is 22.2 Å². The second kappa shape index (κ2) is 10.5. The molecule has 0 saturated heterocycles. The van der Waals surface area contributed by atoms with Gasteiger partial charge in [0.1, 0.15) is 5.75 Å². The van der Waals surface area contributed by atoms with E-state index in [-0.39, 0.29) is 12.2 Å². The molecule has 3 aromatic rings. The number of carbonyl (C=O) groups excluding carboxylic acids is 2. The number of carbonyl (C=O) groups is 2. The van der Waals surface area contributed by atoms with Crippen LogP contribution in [0, 0.1) is 11.3 Å². The molecule has 0 bridgehead atoms. The average molecular weight is 452 g/mol. The van der Waals surface area contributed by atoms with Gasteiger partial charge < -0.3 is 4.74 Å². The molecule has 0 fully saturated rings. The van der Waals surface area contributed by atoms with Gasteiger partial charge in [0, 0.05) is 4.90 Å². The number of nitrogens with zero attached hydrogens (tertiary/aromatic N) is 1. The molecule has 31 heavy (non-hydrogen) atoms. The van der Waals surface area contributed by atoms with Gasteiger partial charge in [-0.1, -0.05) is 35.9 Å². The third-order valence-electron chi connectivity index (χ3n) is 4.31. The van der Waals surface area contributed by atoms with Crippen molar-refractivity contribution >= 4 is 35.2 Å². The van der Waals surface area contributed by atoms with Crippen molar-refractivity contribution in [2.45, 2.75) is 4.90 Å². The molecule has 3 rings (SSSR count). The summed E-state index contributed by atoms with van der Waals surface area (Å²) in [6.07, 6.45) is 1.89. The first-order valence-corrected chi connectivity index (χ1v) is 10.8. The minimum atomic E-state index is -0.513. The van der Waals surface area contributed by atoms with Crippen LogP contribution >= 0.6 is 23.4 Å². The Bertz CT molecular complexity index is 1130. The Morgan fingerprint density at radius 2 is 1.65 bits per heavy atom. The van der Waals surface area contributed by atoms with Gasteiger partial charge in [-0.15, -0.1) is 11.8 Å². The van der Waals surface area contributed by atoms with Crippen LogP contribution in [0.15, 0.2) is 71.6 Å². The summed E-state index contributed by atoms with van der Waals surface area (Å²) in [6, 6.07) is 21.6. The fourth-order valence-corrected chi connectivity index (χ4v) is 3.31. The predicted octanol–water partition coefficient (Wildman–Crippen LogP) is 4.44. The number of hydrazine groups is 1. The molecule has 0 saturated carbocycles. The summed E-state index contributed by atoms with van der Waals surface area (Å²) < 4.78 is 5.46. The van der Waals surface area contributed by atoms with Gasteiger partial charge in [-0.25, -0.2) is 0 Å². The van der Waals surface area contributed by atoms with Crippen molar-refractivity contribution in [1.82, 2.24) is 10.9 Å². The maximum absolute atomic E-state index is 12.2. The molecular weight excluding hydrogens is 434 g/mol. The average Bonchev–Trinajstić information content (AvgIpc) is 2.82. The highest BCUT2D eigenvalue weighted by molar-refractivity contribution is 7.98. The van der Waals surface area contributed by atoms with Gasteiger partial charge in [-0.3, -0.25) is 20.4 Å². The maximum Gasteiger partial charge on any atom is 0.276 e. The highest BCUT2D eigenvalue weighted by atomic mass is 35.5. The number of hydrogen-bond acceptors (Lipinski definition) is 5. The Kier molecular flexibility index (Phi) is 7.55. The first kappa shape index (κ1) is 22.2. The topological polar surface area (TPSA) is 91.2 Å². The lowest BCUT2D eigenvalue weighted by Crippen LogP contribution is -2.43. The molecule has 0 aliphatic carbocycles. The molecule has 0 aromatic heterocycles. The van der Waals surface area contributed by atoms with Crippen molar-refractivity contribution in [1.29, 1.82) is 5.26 Å². The molecule has 0 radical (unpaired) electrons. The number of ether oxygens (including phenoxy) is 1. The van der Waals surface area contributed by atoms with E-state index in [2.05, 4.69) is 16.9 Å². The molecule has 0 atom stereocenters. The smallest absolute Gasteiger partial charge is 0.276 e. The maximum atomic E-state index is 12.2. The molecule has 2 amide bonds. The predicted molar refractivity (Wildman–Crippen MR) is 121 cm³/mol. The molecule has 6 nitrogen and oxygen atoms in total. The number of rotatable bonds is 6. The Morgan fingerprint density at radius 3 is 2.26 bits per heavy atom. The summed E-state index contributed by atoms with van der Waals surface area (Å²) in [5, 5.41) is 9.16. The van der Waals surface area contributed by atoms with Gasteiger partial charge in [0.2, 0.25) is 0 Å². The summed E-state index contributed by atoms with van der Waals surface area (Å²) in [6.45, 7) is -0.269. The van der Waals surface area contributed by atoms with Crippen LogP contribution in [0.25, 0.3) is 11.1 Å². The Hall–Kier alpha value is -3.47. The van der Waals surface area contributed by atoms with E-state index in [1.165, 1.54) is 11.8 Å². The van der Waals surface area contributed by atoms with E-state index in [1.807, 2.05) is 36.6 Å². The molecular formula is C23H18ClN3O3S. The number of thioether (sulfide) groups is 1. The molecule has 2 N–H and O–H groups in total. The third kappa shape index (κ3) is 6.01. The van der Waals surface area contributed by atoms with E-state index in [4.69, 9.17) is 21.6 Å². The van der Waals surface area contributed by atoms with Crippen LogP contribution in [0.5, 0.6) is 5.75 Å². The fourth-order valence-electron chi connectivity index (χ4n) is 2.66. The molecule has 0 heterocycles. The second-order valence-corrected chi connectivity index (χ2v) is 7.64. The number of halogens is 1. The minimum absolute atomic E-state index is 0.269. The molecule has 0 aliphatic rings. The van der Waals surface area contributed by atoms with E-state index in [0.717, 1.165) is 16.0 Å². The van der Waals surface area contributed by atoms with Crippen molar-refractivity contribution < 1.29 is 14.3 Å². The highest BCUT2D eigenvalue weighted by Crippen LogP contribution is 2.24. The monoisotopic (exact) mass is 451 g/mol. The van der Waals surface area contributed by atoms with Crippen molar-refractivity contribution in [2.75, 3.05) is 12.9 Å². The zero-order chi connectivity index (χ0) is 22.2. The van der Waals surface area contributed by atoms with Gasteiger partial charge in [-0.2, -0.15) is 5.26 Å². The molecule has 156 valence electrons. The molecule has 0 unspecified atom stereocenters. The Morgan fingerprint density at radius 1 is 1.00 bits per heavy atom. The summed E-state index contributed by atoms with van der Waals surface area (Å²) in [4.78, 5) is 25.1. The third-order valence-corrected chi connectivity index (χ3v) is 5.36. The molecule has 3 aromatic carbocycles. The summed E-state index contributed by atoms with van der Waals surface area (Å²) >= 11 is 7.54. The molecule has 0 aliphatic heterocycles. The van der Waals surface area contributed by atoms with Crippen LogP contribution < -0.4 is 15.6 Å². The number of nitriles is 1. The van der Waals surface area contributed by atoms with Gasteiger partial charge in [0.25, 0.3) is 11.8 Å². The number of benzene rings is 3. The van der Waals surface area contributed by atoms with Crippen molar-refractivity contribution in [2.24, 2.45) is 0 Å². The van der Waals surface area contributed by atoms with Crippen molar-refractivity contribution in [3.63, 3.8) is 0 Å². The zero-order valence-corrected chi connectivity index (χ0v) is 18.1. The first-order chi connectivity index (χ1) is 15.0. The fraction of sp³-hybridized carbons (Fsp3) is 0.0870. The van der Waals surface area contributed by atoms with E-state index >= 15 is 0 Å². The van der Waals surface area contributed by atoms with Gasteiger partial charge in [0.15, 0.2) is 6.61 Å². The molecule has 8 heteroatoms. The van der Waals surface area contributed by atoms with Crippen molar-refractivity contribution in [3.8, 4) is 22.9 Å². The van der Waals surface area contributed by atoms with E-state index in [0.29, 0.717) is 16.3 Å². The normalized spacial score (nSPS) is 10.1. The van der Waals surface area contributed by atoms with Crippen LogP contribution in [0.2, 0.25) is 5.02 Å². The largest absolute Gasteiger partial charge is 0.484 e. The quantitative estimate of drug-likeness (QED) is 0.427. The number of nitrogens with one attached hydrogen (secondary N) is 2. The zero-order valence-electron chi connectivity index (χ0n) is 16.5. The summed E-state index contributed by atoms with van der Waals surface area (Å²) in [7, 11) is 0. The lowest BCUT2D eigenvalue weighted by molar-refractivity contribution is -0.123. The standard InChI is InChI=1S/C23H18ClN3O3S/c1-31-19-10-11-21(24)20(12-19)23(29)27-26-22(28)14-30-18-8-6-17(7-9-18)16-4-2-15(13-25)3-5-16/h2-12H,14H2,1H3,(H,26,28)(H,27,29). The van der Waals surface area contributed by atoms with Crippen molar-refractivity contribution in [3.05, 3.63) is 82.9 Å².